The van der Waals surface area contributed by atoms with Crippen molar-refractivity contribution in [3.63, 3.8) is 0 Å². The monoisotopic (exact) mass is 244 g/mol. The SMILES string of the molecule is Clc1nccc(Nc2ccc3[nH]ccc3c2)n1. The summed E-state index contributed by atoms with van der Waals surface area (Å²) in [5.74, 6) is 0.680. The van der Waals surface area contributed by atoms with Crippen LogP contribution in [-0.4, -0.2) is 15.0 Å². The predicted molar refractivity (Wildman–Crippen MR) is 68.6 cm³/mol. The number of halogens is 1. The summed E-state index contributed by atoms with van der Waals surface area (Å²) in [5, 5.41) is 4.56. The minimum atomic E-state index is 0.234. The van der Waals surface area contributed by atoms with Gasteiger partial charge in [0.15, 0.2) is 0 Å². The van der Waals surface area contributed by atoms with Crippen LogP contribution in [0.1, 0.15) is 0 Å². The van der Waals surface area contributed by atoms with Crippen molar-refractivity contribution in [2.24, 2.45) is 0 Å². The third-order valence-corrected chi connectivity index (χ3v) is 2.63. The second kappa shape index (κ2) is 4.07. The highest BCUT2D eigenvalue weighted by molar-refractivity contribution is 6.28. The summed E-state index contributed by atoms with van der Waals surface area (Å²) in [6, 6.07) is 9.83. The molecule has 4 nitrogen and oxygen atoms in total. The molecular weight excluding hydrogens is 236 g/mol. The lowest BCUT2D eigenvalue weighted by molar-refractivity contribution is 1.17. The third kappa shape index (κ3) is 2.07. The fourth-order valence-electron chi connectivity index (χ4n) is 1.68. The average Bonchev–Trinajstić information content (AvgIpc) is 2.76. The molecule has 5 heteroatoms. The molecule has 0 atom stereocenters. The molecule has 0 saturated heterocycles. The van der Waals surface area contributed by atoms with Crippen LogP contribution >= 0.6 is 11.6 Å². The Labute approximate surface area is 103 Å². The summed E-state index contributed by atoms with van der Waals surface area (Å²) in [4.78, 5) is 11.0. The van der Waals surface area contributed by atoms with Crippen molar-refractivity contribution in [3.05, 3.63) is 48.0 Å². The molecule has 3 rings (SSSR count). The molecule has 0 radical (unpaired) electrons. The second-order valence-corrected chi connectivity index (χ2v) is 3.95. The molecule has 0 saturated carbocycles. The summed E-state index contributed by atoms with van der Waals surface area (Å²) < 4.78 is 0. The van der Waals surface area contributed by atoms with Gasteiger partial charge in [-0.15, -0.1) is 0 Å². The van der Waals surface area contributed by atoms with Crippen molar-refractivity contribution in [3.8, 4) is 0 Å². The van der Waals surface area contributed by atoms with E-state index in [1.807, 2.05) is 30.5 Å². The molecule has 0 aliphatic carbocycles. The van der Waals surface area contributed by atoms with Gasteiger partial charge in [-0.2, -0.15) is 0 Å². The van der Waals surface area contributed by atoms with Crippen LogP contribution in [0.5, 0.6) is 0 Å². The minimum Gasteiger partial charge on any atom is -0.361 e. The van der Waals surface area contributed by atoms with Gasteiger partial charge < -0.3 is 10.3 Å². The molecule has 1 aromatic carbocycles. The summed E-state index contributed by atoms with van der Waals surface area (Å²) in [6.07, 6.45) is 3.53. The molecular formula is C12H9ClN4. The highest BCUT2D eigenvalue weighted by Crippen LogP contribution is 2.20. The molecule has 0 bridgehead atoms. The Balaban J connectivity index is 1.94. The van der Waals surface area contributed by atoms with E-state index in [2.05, 4.69) is 20.3 Å². The normalized spacial score (nSPS) is 10.6. The van der Waals surface area contributed by atoms with E-state index in [1.165, 1.54) is 0 Å². The Morgan fingerprint density at radius 1 is 1.18 bits per heavy atom. The summed E-state index contributed by atoms with van der Waals surface area (Å²) in [7, 11) is 0. The lowest BCUT2D eigenvalue weighted by atomic mass is 10.2. The molecule has 0 amide bonds. The number of nitrogens with one attached hydrogen (secondary N) is 2. The fraction of sp³-hybridized carbons (Fsp3) is 0. The Bertz CT molecular complexity index is 662. The van der Waals surface area contributed by atoms with Crippen LogP contribution in [0.3, 0.4) is 0 Å². The summed E-state index contributed by atoms with van der Waals surface area (Å²) in [6.45, 7) is 0. The lowest BCUT2D eigenvalue weighted by Gasteiger charge is -2.05. The molecule has 2 N–H and O–H groups in total. The number of benzene rings is 1. The first-order valence-corrected chi connectivity index (χ1v) is 5.52. The highest BCUT2D eigenvalue weighted by atomic mass is 35.5. The topological polar surface area (TPSA) is 53.6 Å². The Morgan fingerprint density at radius 2 is 2.12 bits per heavy atom. The second-order valence-electron chi connectivity index (χ2n) is 3.62. The standard InChI is InChI=1S/C12H9ClN4/c13-12-15-6-4-11(17-12)16-9-1-2-10-8(7-9)3-5-14-10/h1-7,14H,(H,15,16,17). The number of aromatic amines is 1. The Morgan fingerprint density at radius 3 is 3.00 bits per heavy atom. The van der Waals surface area contributed by atoms with Crippen molar-refractivity contribution < 1.29 is 0 Å². The van der Waals surface area contributed by atoms with Crippen LogP contribution in [0.25, 0.3) is 10.9 Å². The first kappa shape index (κ1) is 10.1. The number of nitrogens with zero attached hydrogens (tertiary/aromatic N) is 2. The smallest absolute Gasteiger partial charge is 0.224 e. The first-order valence-electron chi connectivity index (χ1n) is 5.14. The van der Waals surface area contributed by atoms with E-state index in [1.54, 1.807) is 12.3 Å². The zero-order valence-corrected chi connectivity index (χ0v) is 9.57. The maximum absolute atomic E-state index is 5.72. The number of anilines is 2. The van der Waals surface area contributed by atoms with Gasteiger partial charge in [-0.05, 0) is 41.9 Å². The maximum Gasteiger partial charge on any atom is 0.224 e. The Kier molecular flexibility index (Phi) is 2.42. The van der Waals surface area contributed by atoms with Crippen molar-refractivity contribution in [2.45, 2.75) is 0 Å². The zero-order valence-electron chi connectivity index (χ0n) is 8.81. The number of hydrogen-bond donors (Lipinski definition) is 2. The van der Waals surface area contributed by atoms with E-state index in [4.69, 9.17) is 11.6 Å². The summed E-state index contributed by atoms with van der Waals surface area (Å²) >= 11 is 5.72. The number of fused-ring (bicyclic) bond motifs is 1. The van der Waals surface area contributed by atoms with Crippen molar-refractivity contribution in [1.29, 1.82) is 0 Å². The lowest BCUT2D eigenvalue weighted by Crippen LogP contribution is -1.94. The molecule has 2 heterocycles. The van der Waals surface area contributed by atoms with Crippen LogP contribution in [0.15, 0.2) is 42.7 Å². The molecule has 0 fully saturated rings. The van der Waals surface area contributed by atoms with Crippen LogP contribution in [0, 0.1) is 0 Å². The molecule has 3 aromatic rings. The molecule has 17 heavy (non-hydrogen) atoms. The van der Waals surface area contributed by atoms with Gasteiger partial charge in [0.2, 0.25) is 5.28 Å². The van der Waals surface area contributed by atoms with Gasteiger partial charge in [-0.1, -0.05) is 0 Å². The van der Waals surface area contributed by atoms with E-state index >= 15 is 0 Å². The number of hydrogen-bond acceptors (Lipinski definition) is 3. The molecule has 2 aromatic heterocycles. The Hall–Kier alpha value is -2.07. The number of rotatable bonds is 2. The minimum absolute atomic E-state index is 0.234. The van der Waals surface area contributed by atoms with Crippen molar-refractivity contribution >= 4 is 34.0 Å². The van der Waals surface area contributed by atoms with Gasteiger partial charge in [0.1, 0.15) is 5.82 Å². The van der Waals surface area contributed by atoms with Gasteiger partial charge >= 0.3 is 0 Å². The van der Waals surface area contributed by atoms with Crippen LogP contribution in [0.4, 0.5) is 11.5 Å². The largest absolute Gasteiger partial charge is 0.361 e. The predicted octanol–water partition coefficient (Wildman–Crippen LogP) is 3.35. The number of aromatic nitrogens is 3. The maximum atomic E-state index is 5.72. The van der Waals surface area contributed by atoms with Gasteiger partial charge in [0.05, 0.1) is 0 Å². The highest BCUT2D eigenvalue weighted by Gasteiger charge is 1.99. The van der Waals surface area contributed by atoms with E-state index in [0.717, 1.165) is 16.6 Å². The molecule has 0 aliphatic rings. The number of H-pyrrole nitrogens is 1. The van der Waals surface area contributed by atoms with Crippen LogP contribution < -0.4 is 5.32 Å². The van der Waals surface area contributed by atoms with Gasteiger partial charge in [0.25, 0.3) is 0 Å². The third-order valence-electron chi connectivity index (χ3n) is 2.45. The van der Waals surface area contributed by atoms with E-state index in [-0.39, 0.29) is 5.28 Å². The van der Waals surface area contributed by atoms with E-state index in [9.17, 15) is 0 Å². The van der Waals surface area contributed by atoms with Gasteiger partial charge in [-0.25, -0.2) is 9.97 Å². The fourth-order valence-corrected chi connectivity index (χ4v) is 1.83. The average molecular weight is 245 g/mol. The van der Waals surface area contributed by atoms with Crippen molar-refractivity contribution in [1.82, 2.24) is 15.0 Å². The van der Waals surface area contributed by atoms with Crippen LogP contribution in [0.2, 0.25) is 5.28 Å². The summed E-state index contributed by atoms with van der Waals surface area (Å²) in [5.41, 5.74) is 2.07. The quantitative estimate of drug-likeness (QED) is 0.680. The van der Waals surface area contributed by atoms with Crippen LogP contribution in [-0.2, 0) is 0 Å². The molecule has 0 unspecified atom stereocenters. The van der Waals surface area contributed by atoms with Gasteiger partial charge in [0, 0.05) is 29.0 Å². The van der Waals surface area contributed by atoms with Gasteiger partial charge in [-0.3, -0.25) is 0 Å². The first-order chi connectivity index (χ1) is 8.31. The van der Waals surface area contributed by atoms with E-state index in [0.29, 0.717) is 5.82 Å². The molecule has 0 aliphatic heterocycles. The molecule has 84 valence electrons. The van der Waals surface area contributed by atoms with Crippen molar-refractivity contribution in [2.75, 3.05) is 5.32 Å². The van der Waals surface area contributed by atoms with E-state index < -0.39 is 0 Å². The zero-order chi connectivity index (χ0) is 11.7. The molecule has 0 spiro atoms.